The van der Waals surface area contributed by atoms with Crippen molar-refractivity contribution in [2.75, 3.05) is 13.2 Å². The van der Waals surface area contributed by atoms with E-state index in [-0.39, 0.29) is 23.5 Å². The van der Waals surface area contributed by atoms with Crippen molar-refractivity contribution in [1.29, 1.82) is 10.5 Å². The van der Waals surface area contributed by atoms with Gasteiger partial charge in [0.15, 0.2) is 10.8 Å². The number of ether oxygens (including phenoxy) is 2. The van der Waals surface area contributed by atoms with Gasteiger partial charge >= 0.3 is 5.91 Å². The minimum Gasteiger partial charge on any atom is -0.314 e. The second-order valence-corrected chi connectivity index (χ2v) is 6.82. The molecule has 1 aliphatic carbocycles. The molecule has 0 bridgehead atoms. The lowest BCUT2D eigenvalue weighted by molar-refractivity contribution is -0.693. The molecule has 3 N–H and O–H groups in total. The number of benzene rings is 1. The number of hydrogen-bond acceptors (Lipinski definition) is 5. The van der Waals surface area contributed by atoms with Crippen LogP contribution in [0, 0.1) is 39.3 Å². The number of fused-ring (bicyclic) bond motifs is 1. The highest BCUT2D eigenvalue weighted by molar-refractivity contribution is 9.10. The predicted octanol–water partition coefficient (Wildman–Crippen LogP) is 0.884. The molecule has 1 fully saturated rings. The third kappa shape index (κ3) is 1.90. The van der Waals surface area contributed by atoms with E-state index >= 15 is 0 Å². The Morgan fingerprint density at radius 3 is 2.40 bits per heavy atom. The third-order valence-corrected chi connectivity index (χ3v) is 5.58. The molecule has 3 rings (SSSR count). The van der Waals surface area contributed by atoms with Crippen molar-refractivity contribution in [2.24, 2.45) is 16.6 Å². The lowest BCUT2D eigenvalue weighted by atomic mass is 9.93. The summed E-state index contributed by atoms with van der Waals surface area (Å²) in [6.45, 7) is 4.04. The molecular formula is C17H17BrFN4O2+. The Morgan fingerprint density at radius 1 is 1.28 bits per heavy atom. The van der Waals surface area contributed by atoms with E-state index in [0.717, 1.165) is 0 Å². The van der Waals surface area contributed by atoms with Crippen LogP contribution < -0.4 is 10.7 Å². The van der Waals surface area contributed by atoms with Crippen molar-refractivity contribution >= 4 is 21.8 Å². The van der Waals surface area contributed by atoms with Crippen molar-refractivity contribution in [3.63, 3.8) is 0 Å². The molecule has 0 radical (unpaired) electrons. The molecule has 3 atom stereocenters. The van der Waals surface area contributed by atoms with Crippen molar-refractivity contribution in [3.8, 4) is 12.1 Å². The maximum absolute atomic E-state index is 13.6. The molecule has 1 aromatic carbocycles. The maximum Gasteiger partial charge on any atom is 0.343 e. The normalized spacial score (nSPS) is 31.6. The van der Waals surface area contributed by atoms with E-state index in [1.165, 1.54) is 6.07 Å². The fraction of sp³-hybridized carbons (Fsp3) is 0.471. The minimum absolute atomic E-state index is 0.129. The molecule has 2 aliphatic rings. The number of nitrogens with two attached hydrogens (primary N) is 1. The number of hydrogen-bond donors (Lipinski definition) is 2. The van der Waals surface area contributed by atoms with Crippen LogP contribution in [-0.2, 0) is 9.47 Å². The first-order valence-corrected chi connectivity index (χ1v) is 8.66. The first kappa shape index (κ1) is 17.8. The Bertz CT molecular complexity index is 840. The minimum atomic E-state index is -1.53. The first-order chi connectivity index (χ1) is 11.9. The Morgan fingerprint density at radius 2 is 1.92 bits per heavy atom. The number of halogens is 2. The molecule has 8 heteroatoms. The summed E-state index contributed by atoms with van der Waals surface area (Å²) in [6, 6.07) is 8.83. The summed E-state index contributed by atoms with van der Waals surface area (Å²) in [5, 5.41) is 20.0. The van der Waals surface area contributed by atoms with Gasteiger partial charge in [-0.1, -0.05) is 6.07 Å². The van der Waals surface area contributed by atoms with Crippen LogP contribution in [-0.4, -0.2) is 25.0 Å². The van der Waals surface area contributed by atoms with Gasteiger partial charge in [0.1, 0.15) is 5.82 Å². The van der Waals surface area contributed by atoms with Gasteiger partial charge in [-0.2, -0.15) is 10.5 Å². The van der Waals surface area contributed by atoms with Crippen LogP contribution in [0.15, 0.2) is 22.7 Å². The number of rotatable bonds is 5. The lowest BCUT2D eigenvalue weighted by Gasteiger charge is -2.29. The van der Waals surface area contributed by atoms with E-state index in [0.29, 0.717) is 5.56 Å². The van der Waals surface area contributed by atoms with Crippen LogP contribution in [0.25, 0.3) is 0 Å². The highest BCUT2D eigenvalue weighted by atomic mass is 79.9. The summed E-state index contributed by atoms with van der Waals surface area (Å²) in [4.78, 5) is 2.90. The molecular weight excluding hydrogens is 391 g/mol. The number of nitrogens with zero attached hydrogens (tertiary/aromatic N) is 2. The molecule has 1 aliphatic heterocycles. The fourth-order valence-corrected chi connectivity index (χ4v) is 4.44. The van der Waals surface area contributed by atoms with Gasteiger partial charge in [0.05, 0.1) is 29.8 Å². The van der Waals surface area contributed by atoms with Crippen molar-refractivity contribution in [1.82, 2.24) is 0 Å². The monoisotopic (exact) mass is 407 g/mol. The van der Waals surface area contributed by atoms with Crippen molar-refractivity contribution < 1.29 is 18.9 Å². The second-order valence-electron chi connectivity index (χ2n) is 5.97. The van der Waals surface area contributed by atoms with E-state index in [1.54, 1.807) is 26.0 Å². The van der Waals surface area contributed by atoms with Crippen LogP contribution in [0.1, 0.15) is 25.3 Å². The zero-order valence-electron chi connectivity index (χ0n) is 13.8. The van der Waals surface area contributed by atoms with Crippen molar-refractivity contribution in [2.45, 2.75) is 25.7 Å². The van der Waals surface area contributed by atoms with Crippen LogP contribution in [0.4, 0.5) is 4.39 Å². The Labute approximate surface area is 153 Å². The highest BCUT2D eigenvalue weighted by Gasteiger charge is 2.97. The summed E-state index contributed by atoms with van der Waals surface area (Å²) < 4.78 is 25.5. The predicted molar refractivity (Wildman–Crippen MR) is 89.1 cm³/mol. The van der Waals surface area contributed by atoms with Crippen LogP contribution in [0.2, 0.25) is 0 Å². The average molecular weight is 408 g/mol. The molecule has 0 amide bonds. The topological polar surface area (TPSA) is 106 Å². The highest BCUT2D eigenvalue weighted by Crippen LogP contribution is 2.78. The zero-order valence-corrected chi connectivity index (χ0v) is 15.4. The molecule has 0 saturated heterocycles. The molecule has 1 aromatic rings. The second kappa shape index (κ2) is 5.77. The Balaban J connectivity index is 2.23. The van der Waals surface area contributed by atoms with Crippen LogP contribution >= 0.6 is 15.9 Å². The average Bonchev–Trinajstić information content (AvgIpc) is 3.16. The van der Waals surface area contributed by atoms with E-state index in [4.69, 9.17) is 15.2 Å². The van der Waals surface area contributed by atoms with Crippen LogP contribution in [0.3, 0.4) is 0 Å². The molecule has 0 aromatic heterocycles. The molecule has 25 heavy (non-hydrogen) atoms. The quantitative estimate of drug-likeness (QED) is 0.704. The third-order valence-electron chi connectivity index (χ3n) is 4.97. The van der Waals surface area contributed by atoms with Gasteiger partial charge in [-0.05, 0) is 47.5 Å². The molecule has 6 nitrogen and oxygen atoms in total. The molecule has 1 heterocycles. The summed E-state index contributed by atoms with van der Waals surface area (Å²) in [7, 11) is 0. The van der Waals surface area contributed by atoms with Gasteiger partial charge in [-0.15, -0.1) is 0 Å². The summed E-state index contributed by atoms with van der Waals surface area (Å²) >= 11 is 3.15. The zero-order chi connectivity index (χ0) is 18.5. The van der Waals surface area contributed by atoms with Gasteiger partial charge in [-0.25, -0.2) is 9.38 Å². The molecule has 0 unspecified atom stereocenters. The van der Waals surface area contributed by atoms with Gasteiger partial charge in [-0.3, -0.25) is 5.73 Å². The van der Waals surface area contributed by atoms with Gasteiger partial charge in [0.2, 0.25) is 0 Å². The van der Waals surface area contributed by atoms with Gasteiger partial charge < -0.3 is 9.47 Å². The van der Waals surface area contributed by atoms with E-state index < -0.39 is 28.5 Å². The standard InChI is InChI=1S/C17H16BrFN4O2/c1-3-24-17(25-4-2)16(9-21)13(15(16,8-20)14(22)23-17)10-5-6-12(19)11(18)7-10/h5-7,13H,3-4H2,1-2H3,(H2,22,23)/p+1/t13-,15+,16+/m0/s1. The lowest BCUT2D eigenvalue weighted by Crippen LogP contribution is -2.91. The summed E-state index contributed by atoms with van der Waals surface area (Å²) in [5.41, 5.74) is 4.07. The van der Waals surface area contributed by atoms with Crippen molar-refractivity contribution in [3.05, 3.63) is 34.1 Å². The van der Waals surface area contributed by atoms with Crippen LogP contribution in [0.5, 0.6) is 0 Å². The summed E-state index contributed by atoms with van der Waals surface area (Å²) in [6.07, 6.45) is 0. The number of nitrogens with one attached hydrogen (secondary N) is 1. The molecule has 1 saturated carbocycles. The smallest absolute Gasteiger partial charge is 0.314 e. The van der Waals surface area contributed by atoms with Gasteiger partial charge in [0, 0.05) is 5.92 Å². The SMILES string of the molecule is CCOC1(OCC)[NH+]=C(N)[C@@]2(C#N)[C@H](c3ccc(F)c(Br)c3)[C@@]12C#N. The maximum atomic E-state index is 13.6. The molecule has 0 spiro atoms. The first-order valence-electron chi connectivity index (χ1n) is 7.87. The summed E-state index contributed by atoms with van der Waals surface area (Å²) in [5.74, 6) is -2.44. The number of nitriles is 2. The van der Waals surface area contributed by atoms with E-state index in [9.17, 15) is 14.9 Å². The number of amidine groups is 1. The molecule has 130 valence electrons. The Hall–Kier alpha value is -2.00. The largest absolute Gasteiger partial charge is 0.343 e. The van der Waals surface area contributed by atoms with E-state index in [1.807, 2.05) is 0 Å². The van der Waals surface area contributed by atoms with Gasteiger partial charge in [0.25, 0.3) is 5.84 Å². The fourth-order valence-electron chi connectivity index (χ4n) is 4.05. The Kier molecular flexibility index (Phi) is 4.11. The van der Waals surface area contributed by atoms with E-state index in [2.05, 4.69) is 33.1 Å².